The molecule has 1 aromatic carbocycles. The molecule has 84 valence electrons. The van der Waals surface area contributed by atoms with Crippen LogP contribution in [-0.4, -0.2) is 5.33 Å². The Morgan fingerprint density at radius 2 is 2.20 bits per heavy atom. The van der Waals surface area contributed by atoms with Crippen LogP contribution in [0.1, 0.15) is 25.3 Å². The van der Waals surface area contributed by atoms with Crippen molar-refractivity contribution in [1.29, 1.82) is 0 Å². The van der Waals surface area contributed by atoms with E-state index < -0.39 is 0 Å². The Kier molecular flexibility index (Phi) is 5.62. The van der Waals surface area contributed by atoms with Crippen molar-refractivity contribution in [2.75, 3.05) is 5.33 Å². The fourth-order valence-corrected chi connectivity index (χ4v) is 2.35. The van der Waals surface area contributed by atoms with Gasteiger partial charge in [-0.2, -0.15) is 0 Å². The molecule has 0 bridgehead atoms. The molecule has 0 radical (unpaired) electrons. The Morgan fingerprint density at radius 1 is 1.47 bits per heavy atom. The van der Waals surface area contributed by atoms with Crippen molar-refractivity contribution in [2.24, 2.45) is 5.92 Å². The van der Waals surface area contributed by atoms with Crippen LogP contribution in [0.5, 0.6) is 0 Å². The second-order valence-electron chi connectivity index (χ2n) is 3.75. The van der Waals surface area contributed by atoms with E-state index in [1.807, 2.05) is 0 Å². The smallest absolute Gasteiger partial charge is 0.127 e. The summed E-state index contributed by atoms with van der Waals surface area (Å²) in [5.74, 6) is 0.315. The molecule has 1 rings (SSSR count). The minimum absolute atomic E-state index is 0.190. The SMILES string of the molecule is CCCC(CBr)Cc1ccc(Cl)cc1F. The van der Waals surface area contributed by atoms with Crippen LogP contribution in [0.4, 0.5) is 4.39 Å². The van der Waals surface area contributed by atoms with E-state index in [4.69, 9.17) is 11.6 Å². The van der Waals surface area contributed by atoms with Gasteiger partial charge in [0, 0.05) is 10.4 Å². The summed E-state index contributed by atoms with van der Waals surface area (Å²) in [6.45, 7) is 2.15. The topological polar surface area (TPSA) is 0 Å². The van der Waals surface area contributed by atoms with Crippen LogP contribution in [0, 0.1) is 11.7 Å². The fraction of sp³-hybridized carbons (Fsp3) is 0.500. The van der Waals surface area contributed by atoms with Crippen LogP contribution in [-0.2, 0) is 6.42 Å². The summed E-state index contributed by atoms with van der Waals surface area (Å²) in [5, 5.41) is 1.38. The van der Waals surface area contributed by atoms with Gasteiger partial charge in [-0.05, 0) is 36.5 Å². The third-order valence-corrected chi connectivity index (χ3v) is 3.59. The van der Waals surface area contributed by atoms with Gasteiger partial charge in [-0.1, -0.05) is 46.9 Å². The zero-order chi connectivity index (χ0) is 11.3. The third-order valence-electron chi connectivity index (χ3n) is 2.44. The van der Waals surface area contributed by atoms with Crippen LogP contribution >= 0.6 is 27.5 Å². The molecular weight excluding hydrogens is 278 g/mol. The standard InChI is InChI=1S/C12H15BrClF/c1-2-3-9(8-13)6-10-4-5-11(14)7-12(10)15/h4-5,7,9H,2-3,6,8H2,1H3. The van der Waals surface area contributed by atoms with E-state index in [1.54, 1.807) is 12.1 Å². The summed E-state index contributed by atoms with van der Waals surface area (Å²) in [7, 11) is 0. The van der Waals surface area contributed by atoms with Crippen molar-refractivity contribution in [3.63, 3.8) is 0 Å². The summed E-state index contributed by atoms with van der Waals surface area (Å²) in [6.07, 6.45) is 3.03. The zero-order valence-electron chi connectivity index (χ0n) is 8.77. The summed E-state index contributed by atoms with van der Waals surface area (Å²) in [4.78, 5) is 0. The Morgan fingerprint density at radius 3 is 2.73 bits per heavy atom. The maximum atomic E-state index is 13.5. The average Bonchev–Trinajstić information content (AvgIpc) is 2.21. The zero-order valence-corrected chi connectivity index (χ0v) is 11.1. The van der Waals surface area contributed by atoms with Crippen LogP contribution in [0.2, 0.25) is 5.02 Å². The highest BCUT2D eigenvalue weighted by Gasteiger charge is 2.10. The van der Waals surface area contributed by atoms with Gasteiger partial charge in [-0.3, -0.25) is 0 Å². The number of hydrogen-bond acceptors (Lipinski definition) is 0. The highest BCUT2D eigenvalue weighted by Crippen LogP contribution is 2.21. The molecule has 0 amide bonds. The lowest BCUT2D eigenvalue weighted by Gasteiger charge is -2.13. The van der Waals surface area contributed by atoms with E-state index in [0.29, 0.717) is 10.9 Å². The Balaban J connectivity index is 2.70. The minimum atomic E-state index is -0.190. The van der Waals surface area contributed by atoms with Crippen LogP contribution in [0.3, 0.4) is 0 Å². The third kappa shape index (κ3) is 4.12. The molecule has 0 fully saturated rings. The van der Waals surface area contributed by atoms with Gasteiger partial charge < -0.3 is 0 Å². The molecule has 3 heteroatoms. The first-order valence-corrected chi connectivity index (χ1v) is 6.67. The van der Waals surface area contributed by atoms with Gasteiger partial charge in [-0.25, -0.2) is 4.39 Å². The van der Waals surface area contributed by atoms with Crippen molar-refractivity contribution >= 4 is 27.5 Å². The molecule has 0 saturated carbocycles. The Bertz CT molecular complexity index is 314. The number of rotatable bonds is 5. The number of alkyl halides is 1. The fourth-order valence-electron chi connectivity index (χ4n) is 1.64. The molecule has 0 heterocycles. The van der Waals surface area contributed by atoms with E-state index in [0.717, 1.165) is 30.2 Å². The molecule has 0 saturated heterocycles. The monoisotopic (exact) mass is 292 g/mol. The van der Waals surface area contributed by atoms with Gasteiger partial charge in [0.1, 0.15) is 5.82 Å². The minimum Gasteiger partial charge on any atom is -0.207 e. The van der Waals surface area contributed by atoms with Gasteiger partial charge >= 0.3 is 0 Å². The summed E-state index contributed by atoms with van der Waals surface area (Å²) in [5.41, 5.74) is 0.761. The molecule has 0 nitrogen and oxygen atoms in total. The first kappa shape index (κ1) is 13.0. The molecule has 0 aromatic heterocycles. The molecule has 0 aliphatic heterocycles. The largest absolute Gasteiger partial charge is 0.207 e. The van der Waals surface area contributed by atoms with Crippen LogP contribution < -0.4 is 0 Å². The van der Waals surface area contributed by atoms with Gasteiger partial charge in [0.2, 0.25) is 0 Å². The summed E-state index contributed by atoms with van der Waals surface area (Å²) in [6, 6.07) is 4.91. The lowest BCUT2D eigenvalue weighted by atomic mass is 9.97. The van der Waals surface area contributed by atoms with Gasteiger partial charge in [0.25, 0.3) is 0 Å². The van der Waals surface area contributed by atoms with E-state index in [9.17, 15) is 4.39 Å². The lowest BCUT2D eigenvalue weighted by molar-refractivity contribution is 0.514. The second kappa shape index (κ2) is 6.49. The Hall–Kier alpha value is -0.0800. The number of halogens is 3. The van der Waals surface area contributed by atoms with Gasteiger partial charge in [-0.15, -0.1) is 0 Å². The molecule has 0 N–H and O–H groups in total. The summed E-state index contributed by atoms with van der Waals surface area (Å²) >= 11 is 9.16. The van der Waals surface area contributed by atoms with E-state index in [-0.39, 0.29) is 5.82 Å². The maximum absolute atomic E-state index is 13.5. The van der Waals surface area contributed by atoms with Gasteiger partial charge in [0.15, 0.2) is 0 Å². The maximum Gasteiger partial charge on any atom is 0.127 e. The molecule has 1 atom stereocenters. The number of benzene rings is 1. The second-order valence-corrected chi connectivity index (χ2v) is 4.83. The van der Waals surface area contributed by atoms with Crippen molar-refractivity contribution in [3.05, 3.63) is 34.6 Å². The molecule has 0 spiro atoms. The van der Waals surface area contributed by atoms with Crippen molar-refractivity contribution < 1.29 is 4.39 Å². The normalized spacial score (nSPS) is 12.8. The van der Waals surface area contributed by atoms with Crippen molar-refractivity contribution in [2.45, 2.75) is 26.2 Å². The van der Waals surface area contributed by atoms with Crippen molar-refractivity contribution in [1.82, 2.24) is 0 Å². The lowest BCUT2D eigenvalue weighted by Crippen LogP contribution is -2.07. The highest BCUT2D eigenvalue weighted by molar-refractivity contribution is 9.09. The van der Waals surface area contributed by atoms with Crippen molar-refractivity contribution in [3.8, 4) is 0 Å². The molecular formula is C12H15BrClF. The predicted molar refractivity (Wildman–Crippen MR) is 67.3 cm³/mol. The van der Waals surface area contributed by atoms with Crippen LogP contribution in [0.25, 0.3) is 0 Å². The number of hydrogen-bond donors (Lipinski definition) is 0. The van der Waals surface area contributed by atoms with Crippen LogP contribution in [0.15, 0.2) is 18.2 Å². The molecule has 1 aromatic rings. The predicted octanol–water partition coefficient (Wildman–Crippen LogP) is 4.83. The highest BCUT2D eigenvalue weighted by atomic mass is 79.9. The molecule has 0 aliphatic carbocycles. The summed E-state index contributed by atoms with van der Waals surface area (Å²) < 4.78 is 13.5. The molecule has 0 aliphatic rings. The molecule has 15 heavy (non-hydrogen) atoms. The first-order valence-electron chi connectivity index (χ1n) is 5.17. The van der Waals surface area contributed by atoms with E-state index >= 15 is 0 Å². The van der Waals surface area contributed by atoms with Gasteiger partial charge in [0.05, 0.1) is 0 Å². The van der Waals surface area contributed by atoms with E-state index in [1.165, 1.54) is 6.07 Å². The quantitative estimate of drug-likeness (QED) is 0.682. The first-order chi connectivity index (χ1) is 7.17. The Labute approximate surface area is 104 Å². The molecule has 1 unspecified atom stereocenters. The average molecular weight is 294 g/mol. The van der Waals surface area contributed by atoms with E-state index in [2.05, 4.69) is 22.9 Å².